The lowest BCUT2D eigenvalue weighted by Gasteiger charge is -2.19. The zero-order chi connectivity index (χ0) is 14.5. The van der Waals surface area contributed by atoms with Crippen molar-refractivity contribution < 1.29 is 5.11 Å². The van der Waals surface area contributed by atoms with Crippen LogP contribution in [0, 0.1) is 6.92 Å². The molecule has 1 unspecified atom stereocenters. The second-order valence-corrected chi connectivity index (χ2v) is 5.09. The molecule has 4 N–H and O–H groups in total. The number of hydrogen-bond donors (Lipinski definition) is 3. The molecule has 5 heteroatoms. The number of nitrogens with zero attached hydrogens (tertiary/aromatic N) is 2. The second-order valence-electron chi connectivity index (χ2n) is 5.09. The van der Waals surface area contributed by atoms with Crippen molar-refractivity contribution in [1.82, 2.24) is 9.97 Å². The molecule has 0 aliphatic heterocycles. The average molecular weight is 274 g/mol. The van der Waals surface area contributed by atoms with Gasteiger partial charge in [-0.1, -0.05) is 19.4 Å². The molecule has 1 atom stereocenters. The highest BCUT2D eigenvalue weighted by Gasteiger charge is 2.12. The number of fused-ring (bicyclic) bond motifs is 1. The SMILES string of the molecule is CCCC(CCO)Nc1nc(N)nc2cc(C)ccc12. The van der Waals surface area contributed by atoms with Crippen LogP contribution in [-0.4, -0.2) is 27.7 Å². The van der Waals surface area contributed by atoms with Crippen molar-refractivity contribution in [3.8, 4) is 0 Å². The number of hydrogen-bond acceptors (Lipinski definition) is 5. The summed E-state index contributed by atoms with van der Waals surface area (Å²) in [5.41, 5.74) is 7.77. The Bertz CT molecular complexity index is 574. The fraction of sp³-hybridized carbons (Fsp3) is 0.467. The quantitative estimate of drug-likeness (QED) is 0.753. The van der Waals surface area contributed by atoms with E-state index in [4.69, 9.17) is 10.8 Å². The normalized spacial score (nSPS) is 12.6. The maximum Gasteiger partial charge on any atom is 0.222 e. The third kappa shape index (κ3) is 3.36. The van der Waals surface area contributed by atoms with Gasteiger partial charge in [-0.3, -0.25) is 0 Å². The Labute approximate surface area is 119 Å². The van der Waals surface area contributed by atoms with E-state index in [1.807, 2.05) is 25.1 Å². The van der Waals surface area contributed by atoms with Gasteiger partial charge in [-0.25, -0.2) is 4.98 Å². The molecular weight excluding hydrogens is 252 g/mol. The zero-order valence-electron chi connectivity index (χ0n) is 12.1. The molecule has 1 heterocycles. The first-order valence-electron chi connectivity index (χ1n) is 7.05. The van der Waals surface area contributed by atoms with E-state index >= 15 is 0 Å². The number of aliphatic hydroxyl groups excluding tert-OH is 1. The molecule has 2 aromatic rings. The van der Waals surface area contributed by atoms with Gasteiger partial charge in [-0.05, 0) is 37.5 Å². The monoisotopic (exact) mass is 274 g/mol. The molecule has 0 spiro atoms. The minimum Gasteiger partial charge on any atom is -0.396 e. The van der Waals surface area contributed by atoms with E-state index in [2.05, 4.69) is 22.2 Å². The first-order valence-corrected chi connectivity index (χ1v) is 7.05. The molecule has 0 saturated heterocycles. The Morgan fingerprint density at radius 3 is 2.80 bits per heavy atom. The van der Waals surface area contributed by atoms with Crippen molar-refractivity contribution in [1.29, 1.82) is 0 Å². The maximum atomic E-state index is 9.15. The van der Waals surface area contributed by atoms with Gasteiger partial charge in [0.15, 0.2) is 0 Å². The van der Waals surface area contributed by atoms with Crippen molar-refractivity contribution >= 4 is 22.7 Å². The van der Waals surface area contributed by atoms with E-state index < -0.39 is 0 Å². The van der Waals surface area contributed by atoms with Crippen LogP contribution in [0.25, 0.3) is 10.9 Å². The lowest BCUT2D eigenvalue weighted by Crippen LogP contribution is -2.22. The highest BCUT2D eigenvalue weighted by atomic mass is 16.3. The predicted octanol–water partition coefficient (Wildman–Crippen LogP) is 2.48. The summed E-state index contributed by atoms with van der Waals surface area (Å²) in [7, 11) is 0. The summed E-state index contributed by atoms with van der Waals surface area (Å²) in [6.07, 6.45) is 2.73. The minimum absolute atomic E-state index is 0.162. The van der Waals surface area contributed by atoms with Gasteiger partial charge >= 0.3 is 0 Å². The molecule has 0 aliphatic rings. The van der Waals surface area contributed by atoms with E-state index in [1.54, 1.807) is 0 Å². The summed E-state index contributed by atoms with van der Waals surface area (Å²) in [4.78, 5) is 8.58. The van der Waals surface area contributed by atoms with E-state index in [-0.39, 0.29) is 18.6 Å². The predicted molar refractivity (Wildman–Crippen MR) is 82.7 cm³/mol. The standard InChI is InChI=1S/C15H22N4O/c1-3-4-11(7-8-20)17-14-12-6-5-10(2)9-13(12)18-15(16)19-14/h5-6,9,11,20H,3-4,7-8H2,1-2H3,(H3,16,17,18,19). The smallest absolute Gasteiger partial charge is 0.222 e. The number of aliphatic hydroxyl groups is 1. The highest BCUT2D eigenvalue weighted by Crippen LogP contribution is 2.23. The number of nitrogens with one attached hydrogen (secondary N) is 1. The number of benzene rings is 1. The Balaban J connectivity index is 2.37. The molecule has 108 valence electrons. The van der Waals surface area contributed by atoms with Gasteiger partial charge < -0.3 is 16.2 Å². The maximum absolute atomic E-state index is 9.15. The molecule has 0 radical (unpaired) electrons. The summed E-state index contributed by atoms with van der Waals surface area (Å²) in [5, 5.41) is 13.5. The minimum atomic E-state index is 0.162. The second kappa shape index (κ2) is 6.52. The summed E-state index contributed by atoms with van der Waals surface area (Å²) in [6.45, 7) is 4.31. The molecule has 0 bridgehead atoms. The molecule has 0 aliphatic carbocycles. The summed E-state index contributed by atoms with van der Waals surface area (Å²) < 4.78 is 0. The van der Waals surface area contributed by atoms with Crippen molar-refractivity contribution in [2.75, 3.05) is 17.7 Å². The van der Waals surface area contributed by atoms with Gasteiger partial charge in [-0.2, -0.15) is 4.98 Å². The largest absolute Gasteiger partial charge is 0.396 e. The number of aromatic nitrogens is 2. The van der Waals surface area contributed by atoms with Crippen LogP contribution in [-0.2, 0) is 0 Å². The Morgan fingerprint density at radius 2 is 2.10 bits per heavy atom. The topological polar surface area (TPSA) is 84.1 Å². The molecule has 1 aromatic carbocycles. The summed E-state index contributed by atoms with van der Waals surface area (Å²) in [6, 6.07) is 6.24. The van der Waals surface area contributed by atoms with Gasteiger partial charge in [0.25, 0.3) is 0 Å². The fourth-order valence-corrected chi connectivity index (χ4v) is 2.35. The van der Waals surface area contributed by atoms with Crippen molar-refractivity contribution in [3.63, 3.8) is 0 Å². The third-order valence-electron chi connectivity index (χ3n) is 3.33. The fourth-order valence-electron chi connectivity index (χ4n) is 2.35. The van der Waals surface area contributed by atoms with Crippen LogP contribution in [0.2, 0.25) is 0 Å². The van der Waals surface area contributed by atoms with Crippen molar-refractivity contribution in [2.45, 2.75) is 39.2 Å². The number of rotatable bonds is 6. The van der Waals surface area contributed by atoms with Crippen molar-refractivity contribution in [3.05, 3.63) is 23.8 Å². The molecule has 2 rings (SSSR count). The van der Waals surface area contributed by atoms with Crippen LogP contribution in [0.5, 0.6) is 0 Å². The van der Waals surface area contributed by atoms with E-state index in [0.29, 0.717) is 6.42 Å². The Hall–Kier alpha value is -1.88. The van der Waals surface area contributed by atoms with Gasteiger partial charge in [0.2, 0.25) is 5.95 Å². The Kier molecular flexibility index (Phi) is 4.74. The molecule has 0 amide bonds. The van der Waals surface area contributed by atoms with Crippen LogP contribution in [0.15, 0.2) is 18.2 Å². The first-order chi connectivity index (χ1) is 9.63. The molecule has 0 saturated carbocycles. The zero-order valence-corrected chi connectivity index (χ0v) is 12.1. The van der Waals surface area contributed by atoms with Crippen LogP contribution < -0.4 is 11.1 Å². The number of nitrogen functional groups attached to an aromatic ring is 1. The first kappa shape index (κ1) is 14.5. The lowest BCUT2D eigenvalue weighted by molar-refractivity contribution is 0.276. The Morgan fingerprint density at radius 1 is 1.30 bits per heavy atom. The van der Waals surface area contributed by atoms with Crippen LogP contribution in [0.4, 0.5) is 11.8 Å². The van der Waals surface area contributed by atoms with Gasteiger partial charge in [-0.15, -0.1) is 0 Å². The van der Waals surface area contributed by atoms with Crippen LogP contribution >= 0.6 is 0 Å². The van der Waals surface area contributed by atoms with E-state index in [9.17, 15) is 0 Å². The van der Waals surface area contributed by atoms with Crippen LogP contribution in [0.1, 0.15) is 31.7 Å². The number of aryl methyl sites for hydroxylation is 1. The molecule has 5 nitrogen and oxygen atoms in total. The van der Waals surface area contributed by atoms with Gasteiger partial charge in [0.1, 0.15) is 5.82 Å². The molecule has 20 heavy (non-hydrogen) atoms. The summed E-state index contributed by atoms with van der Waals surface area (Å²) in [5.74, 6) is 1.02. The van der Waals surface area contributed by atoms with E-state index in [0.717, 1.165) is 35.1 Å². The average Bonchev–Trinajstić information content (AvgIpc) is 2.38. The number of nitrogens with two attached hydrogens (primary N) is 1. The summed E-state index contributed by atoms with van der Waals surface area (Å²) >= 11 is 0. The third-order valence-corrected chi connectivity index (χ3v) is 3.33. The molecular formula is C15H22N4O. The number of anilines is 2. The van der Waals surface area contributed by atoms with Gasteiger partial charge in [0.05, 0.1) is 5.52 Å². The molecule has 0 fully saturated rings. The highest BCUT2D eigenvalue weighted by molar-refractivity contribution is 5.90. The lowest BCUT2D eigenvalue weighted by atomic mass is 10.1. The van der Waals surface area contributed by atoms with Gasteiger partial charge in [0, 0.05) is 18.0 Å². The van der Waals surface area contributed by atoms with Crippen LogP contribution in [0.3, 0.4) is 0 Å². The molecule has 1 aromatic heterocycles. The van der Waals surface area contributed by atoms with Crippen molar-refractivity contribution in [2.24, 2.45) is 0 Å². The van der Waals surface area contributed by atoms with E-state index in [1.165, 1.54) is 0 Å².